The SMILES string of the molecule is C=O.CCCC.CNc1ccc(C)cc1C. The summed E-state index contributed by atoms with van der Waals surface area (Å²) in [6.07, 6.45) is 2.64. The third kappa shape index (κ3) is 8.04. The molecule has 0 heterocycles. The van der Waals surface area contributed by atoms with Crippen molar-refractivity contribution in [3.05, 3.63) is 29.3 Å². The lowest BCUT2D eigenvalue weighted by atomic mass is 10.1. The maximum Gasteiger partial charge on any atom is 0.106 e. The Morgan fingerprint density at radius 3 is 1.94 bits per heavy atom. The molecular weight excluding hydrogens is 198 g/mol. The highest BCUT2D eigenvalue weighted by atomic mass is 16.1. The largest absolute Gasteiger partial charge is 0.388 e. The van der Waals surface area contributed by atoms with E-state index in [4.69, 9.17) is 4.79 Å². The van der Waals surface area contributed by atoms with Gasteiger partial charge in [-0.3, -0.25) is 0 Å². The number of anilines is 1. The van der Waals surface area contributed by atoms with E-state index in [-0.39, 0.29) is 0 Å². The van der Waals surface area contributed by atoms with Crippen LogP contribution in [0.2, 0.25) is 0 Å². The predicted octanol–water partition coefficient (Wildman–Crippen LogP) is 3.97. The number of hydrogen-bond donors (Lipinski definition) is 1. The van der Waals surface area contributed by atoms with Crippen LogP contribution in [0.1, 0.15) is 37.8 Å². The molecule has 1 N–H and O–H groups in total. The number of carbonyl (C=O) groups is 1. The first-order valence-corrected chi connectivity index (χ1v) is 5.69. The van der Waals surface area contributed by atoms with E-state index in [0.717, 1.165) is 0 Å². The standard InChI is InChI=1S/C9H13N.C4H10.CH2O/c1-7-4-5-9(10-3)8(2)6-7;1-3-4-2;1-2/h4-6,10H,1-3H3;3-4H2,1-2H3;1H2. The van der Waals surface area contributed by atoms with Crippen LogP contribution < -0.4 is 5.32 Å². The number of unbranched alkanes of at least 4 members (excludes halogenated alkanes) is 1. The first-order valence-electron chi connectivity index (χ1n) is 5.69. The van der Waals surface area contributed by atoms with Gasteiger partial charge in [-0.15, -0.1) is 0 Å². The molecule has 0 amide bonds. The molecule has 92 valence electrons. The summed E-state index contributed by atoms with van der Waals surface area (Å²) >= 11 is 0. The number of rotatable bonds is 2. The minimum absolute atomic E-state index is 1.21. The highest BCUT2D eigenvalue weighted by molar-refractivity contribution is 5.51. The molecule has 0 aromatic heterocycles. The molecule has 0 unspecified atom stereocenters. The predicted molar refractivity (Wildman–Crippen MR) is 73.2 cm³/mol. The topological polar surface area (TPSA) is 29.1 Å². The van der Waals surface area contributed by atoms with Gasteiger partial charge in [-0.2, -0.15) is 0 Å². The quantitative estimate of drug-likeness (QED) is 0.822. The molecule has 2 nitrogen and oxygen atoms in total. The van der Waals surface area contributed by atoms with Crippen LogP contribution in [0.15, 0.2) is 18.2 Å². The Kier molecular flexibility index (Phi) is 12.6. The Hall–Kier alpha value is -1.31. The van der Waals surface area contributed by atoms with E-state index < -0.39 is 0 Å². The summed E-state index contributed by atoms with van der Waals surface area (Å²) in [6, 6.07) is 6.38. The van der Waals surface area contributed by atoms with Crippen molar-refractivity contribution in [2.75, 3.05) is 12.4 Å². The van der Waals surface area contributed by atoms with Crippen LogP contribution >= 0.6 is 0 Å². The van der Waals surface area contributed by atoms with Crippen molar-refractivity contribution in [2.24, 2.45) is 0 Å². The van der Waals surface area contributed by atoms with Crippen molar-refractivity contribution in [2.45, 2.75) is 40.5 Å². The number of nitrogens with one attached hydrogen (secondary N) is 1. The number of hydrogen-bond acceptors (Lipinski definition) is 2. The molecule has 0 saturated carbocycles. The molecule has 0 aliphatic rings. The number of aryl methyl sites for hydroxylation is 2. The van der Waals surface area contributed by atoms with Crippen LogP contribution in [-0.4, -0.2) is 13.8 Å². The lowest BCUT2D eigenvalue weighted by Crippen LogP contribution is -1.90. The average molecular weight is 223 g/mol. The molecule has 0 saturated heterocycles. The molecule has 0 atom stereocenters. The molecule has 1 aromatic rings. The van der Waals surface area contributed by atoms with Crippen LogP contribution in [0.3, 0.4) is 0 Å². The smallest absolute Gasteiger partial charge is 0.106 e. The van der Waals surface area contributed by atoms with E-state index in [1.165, 1.54) is 29.7 Å². The van der Waals surface area contributed by atoms with Crippen molar-refractivity contribution in [1.29, 1.82) is 0 Å². The van der Waals surface area contributed by atoms with Crippen LogP contribution in [0, 0.1) is 13.8 Å². The van der Waals surface area contributed by atoms with Gasteiger partial charge in [-0.25, -0.2) is 0 Å². The summed E-state index contributed by atoms with van der Waals surface area (Å²) in [5, 5.41) is 3.12. The van der Waals surface area contributed by atoms with Crippen molar-refractivity contribution < 1.29 is 4.79 Å². The Bertz CT molecular complexity index is 269. The minimum atomic E-state index is 1.21. The van der Waals surface area contributed by atoms with E-state index in [1.54, 1.807) is 0 Å². The second-order valence-electron chi connectivity index (χ2n) is 3.57. The van der Waals surface area contributed by atoms with Crippen molar-refractivity contribution in [3.8, 4) is 0 Å². The lowest BCUT2D eigenvalue weighted by Gasteiger charge is -2.04. The maximum absolute atomic E-state index is 8.00. The first-order chi connectivity index (χ1) is 7.65. The van der Waals surface area contributed by atoms with Crippen molar-refractivity contribution >= 4 is 12.5 Å². The van der Waals surface area contributed by atoms with Gasteiger partial charge in [0.1, 0.15) is 6.79 Å². The summed E-state index contributed by atoms with van der Waals surface area (Å²) in [4.78, 5) is 8.00. The van der Waals surface area contributed by atoms with Crippen LogP contribution in [-0.2, 0) is 4.79 Å². The second kappa shape index (κ2) is 11.8. The van der Waals surface area contributed by atoms with Gasteiger partial charge >= 0.3 is 0 Å². The van der Waals surface area contributed by atoms with Gasteiger partial charge in [0, 0.05) is 12.7 Å². The molecule has 0 fully saturated rings. The molecule has 0 spiro atoms. The Morgan fingerprint density at radius 1 is 1.12 bits per heavy atom. The number of carbonyl (C=O) groups excluding carboxylic acids is 1. The van der Waals surface area contributed by atoms with Gasteiger partial charge in [0.15, 0.2) is 0 Å². The highest BCUT2D eigenvalue weighted by Crippen LogP contribution is 2.14. The van der Waals surface area contributed by atoms with Crippen molar-refractivity contribution in [1.82, 2.24) is 0 Å². The Balaban J connectivity index is 0. The van der Waals surface area contributed by atoms with E-state index in [1.807, 2.05) is 13.8 Å². The number of benzene rings is 1. The first kappa shape index (κ1) is 17.1. The van der Waals surface area contributed by atoms with E-state index >= 15 is 0 Å². The molecule has 0 aliphatic carbocycles. The molecule has 2 heteroatoms. The molecule has 0 radical (unpaired) electrons. The molecule has 0 aliphatic heterocycles. The van der Waals surface area contributed by atoms with Gasteiger partial charge in [0.05, 0.1) is 0 Å². The fraction of sp³-hybridized carbons (Fsp3) is 0.500. The summed E-state index contributed by atoms with van der Waals surface area (Å²) in [5.41, 5.74) is 3.84. The zero-order valence-corrected chi connectivity index (χ0v) is 11.3. The van der Waals surface area contributed by atoms with E-state index in [2.05, 4.69) is 51.2 Å². The minimum Gasteiger partial charge on any atom is -0.388 e. The average Bonchev–Trinajstić information content (AvgIpc) is 2.32. The summed E-state index contributed by atoms with van der Waals surface area (Å²) < 4.78 is 0. The van der Waals surface area contributed by atoms with Crippen LogP contribution in [0.5, 0.6) is 0 Å². The van der Waals surface area contributed by atoms with Crippen LogP contribution in [0.25, 0.3) is 0 Å². The zero-order chi connectivity index (χ0) is 13.0. The third-order valence-corrected chi connectivity index (χ3v) is 2.15. The van der Waals surface area contributed by atoms with E-state index in [0.29, 0.717) is 0 Å². The second-order valence-corrected chi connectivity index (χ2v) is 3.57. The lowest BCUT2D eigenvalue weighted by molar-refractivity contribution is -0.0979. The third-order valence-electron chi connectivity index (χ3n) is 2.15. The van der Waals surface area contributed by atoms with Gasteiger partial charge in [-0.1, -0.05) is 44.4 Å². The Morgan fingerprint density at radius 2 is 1.62 bits per heavy atom. The summed E-state index contributed by atoms with van der Waals surface area (Å²) in [5.74, 6) is 0. The van der Waals surface area contributed by atoms with Gasteiger partial charge in [-0.05, 0) is 25.5 Å². The fourth-order valence-electron chi connectivity index (χ4n) is 1.09. The van der Waals surface area contributed by atoms with Gasteiger partial charge < -0.3 is 10.1 Å². The van der Waals surface area contributed by atoms with Crippen molar-refractivity contribution in [3.63, 3.8) is 0 Å². The molecule has 1 aromatic carbocycles. The van der Waals surface area contributed by atoms with Gasteiger partial charge in [0.25, 0.3) is 0 Å². The maximum atomic E-state index is 8.00. The molecular formula is C14H25NO. The molecule has 1 rings (SSSR count). The fourth-order valence-corrected chi connectivity index (χ4v) is 1.09. The van der Waals surface area contributed by atoms with E-state index in [9.17, 15) is 0 Å². The highest BCUT2D eigenvalue weighted by Gasteiger charge is 1.92. The monoisotopic (exact) mass is 223 g/mol. The normalized spacial score (nSPS) is 8.06. The van der Waals surface area contributed by atoms with Gasteiger partial charge in [0.2, 0.25) is 0 Å². The Labute approximate surface area is 100 Å². The molecule has 16 heavy (non-hydrogen) atoms. The summed E-state index contributed by atoms with van der Waals surface area (Å²) in [7, 11) is 1.94. The summed E-state index contributed by atoms with van der Waals surface area (Å²) in [6.45, 7) is 10.6. The molecule has 0 bridgehead atoms. The zero-order valence-electron chi connectivity index (χ0n) is 11.3. The van der Waals surface area contributed by atoms with Crippen LogP contribution in [0.4, 0.5) is 5.69 Å².